The van der Waals surface area contributed by atoms with Crippen molar-refractivity contribution >= 4 is 5.69 Å². The molecule has 2 N–H and O–H groups in total. The molecule has 104 valence electrons. The number of nitrogens with zero attached hydrogens (tertiary/aromatic N) is 2. The van der Waals surface area contributed by atoms with Crippen LogP contribution in [0.4, 0.5) is 5.69 Å². The Labute approximate surface area is 117 Å². The van der Waals surface area contributed by atoms with Gasteiger partial charge in [-0.25, -0.2) is 0 Å². The molecule has 0 radical (unpaired) electrons. The van der Waals surface area contributed by atoms with Crippen LogP contribution in [0.5, 0.6) is 0 Å². The fourth-order valence-corrected chi connectivity index (χ4v) is 2.04. The summed E-state index contributed by atoms with van der Waals surface area (Å²) in [5.74, 6) is 0. The molecule has 0 aromatic heterocycles. The molecule has 0 saturated heterocycles. The van der Waals surface area contributed by atoms with E-state index in [-0.39, 0.29) is 0 Å². The molecule has 0 bridgehead atoms. The van der Waals surface area contributed by atoms with E-state index in [1.54, 1.807) is 0 Å². The Bertz CT molecular complexity index is 451. The second-order valence-electron chi connectivity index (χ2n) is 4.87. The van der Waals surface area contributed by atoms with E-state index in [1.807, 2.05) is 12.1 Å². The fraction of sp³-hybridized carbons (Fsp3) is 0.375. The fourth-order valence-electron chi connectivity index (χ4n) is 2.04. The summed E-state index contributed by atoms with van der Waals surface area (Å²) in [6.07, 6.45) is 0. The topological polar surface area (TPSA) is 32.5 Å². The zero-order chi connectivity index (χ0) is 14.4. The largest absolute Gasteiger partial charge is 0.401 e. The van der Waals surface area contributed by atoms with Gasteiger partial charge in [-0.15, -0.1) is 0 Å². The number of benzene rings is 1. The van der Waals surface area contributed by atoms with Crippen LogP contribution in [0.25, 0.3) is 0 Å². The van der Waals surface area contributed by atoms with E-state index < -0.39 is 0 Å². The zero-order valence-electron chi connectivity index (χ0n) is 12.3. The molecule has 0 saturated carbocycles. The van der Waals surface area contributed by atoms with Gasteiger partial charge >= 0.3 is 0 Å². The highest BCUT2D eigenvalue weighted by atomic mass is 15.2. The van der Waals surface area contributed by atoms with Gasteiger partial charge in [0, 0.05) is 37.2 Å². The number of rotatable bonds is 7. The molecule has 1 rings (SSSR count). The van der Waals surface area contributed by atoms with Crippen molar-refractivity contribution in [3.8, 4) is 0 Å². The van der Waals surface area contributed by atoms with Crippen LogP contribution in [0.2, 0.25) is 0 Å². The lowest BCUT2D eigenvalue weighted by molar-refractivity contribution is 0.336. The van der Waals surface area contributed by atoms with Crippen LogP contribution in [0, 0.1) is 6.92 Å². The smallest absolute Gasteiger partial charge is 0.0435 e. The average molecular weight is 259 g/mol. The molecule has 0 aliphatic carbocycles. The van der Waals surface area contributed by atoms with Gasteiger partial charge in [0.25, 0.3) is 0 Å². The highest BCUT2D eigenvalue weighted by molar-refractivity contribution is 5.56. The summed E-state index contributed by atoms with van der Waals surface area (Å²) in [4.78, 5) is 4.36. The molecule has 1 aromatic rings. The summed E-state index contributed by atoms with van der Waals surface area (Å²) in [5, 5.41) is 0. The molecule has 0 unspecified atom stereocenters. The molecule has 0 atom stereocenters. The van der Waals surface area contributed by atoms with Gasteiger partial charge in [0.1, 0.15) is 0 Å². The van der Waals surface area contributed by atoms with Gasteiger partial charge in [-0.05, 0) is 25.1 Å². The number of hydrogen-bond acceptors (Lipinski definition) is 3. The first-order valence-corrected chi connectivity index (χ1v) is 6.58. The molecule has 0 spiro atoms. The minimum absolute atomic E-state index is 0.688. The minimum Gasteiger partial charge on any atom is -0.401 e. The second kappa shape index (κ2) is 7.00. The predicted octanol–water partition coefficient (Wildman–Crippen LogP) is 2.74. The lowest BCUT2D eigenvalue weighted by Crippen LogP contribution is -2.33. The van der Waals surface area contributed by atoms with E-state index in [0.717, 1.165) is 18.8 Å². The van der Waals surface area contributed by atoms with E-state index in [9.17, 15) is 0 Å². The van der Waals surface area contributed by atoms with E-state index in [2.05, 4.69) is 56.0 Å². The highest BCUT2D eigenvalue weighted by Crippen LogP contribution is 2.21. The Balaban J connectivity index is 2.72. The van der Waals surface area contributed by atoms with Crippen molar-refractivity contribution in [2.45, 2.75) is 13.8 Å². The van der Waals surface area contributed by atoms with Crippen LogP contribution in [-0.4, -0.2) is 31.6 Å². The maximum absolute atomic E-state index is 5.68. The number of para-hydroxylation sites is 1. The van der Waals surface area contributed by atoms with Crippen LogP contribution in [-0.2, 0) is 0 Å². The molecule has 3 nitrogen and oxygen atoms in total. The average Bonchev–Trinajstić information content (AvgIpc) is 2.37. The molecule has 0 aliphatic heterocycles. The third-order valence-electron chi connectivity index (χ3n) is 3.23. The van der Waals surface area contributed by atoms with Gasteiger partial charge < -0.3 is 10.6 Å². The van der Waals surface area contributed by atoms with Crippen molar-refractivity contribution in [1.82, 2.24) is 4.90 Å². The Hall–Kier alpha value is -1.74. The van der Waals surface area contributed by atoms with Crippen LogP contribution < -0.4 is 10.6 Å². The van der Waals surface area contributed by atoms with Gasteiger partial charge in [0.05, 0.1) is 0 Å². The van der Waals surface area contributed by atoms with E-state index in [1.165, 1.54) is 11.3 Å². The highest BCUT2D eigenvalue weighted by Gasteiger charge is 2.11. The molecule has 3 heteroatoms. The van der Waals surface area contributed by atoms with Gasteiger partial charge in [-0.2, -0.15) is 0 Å². The van der Waals surface area contributed by atoms with Crippen LogP contribution in [0.3, 0.4) is 0 Å². The first kappa shape index (κ1) is 15.3. The third-order valence-corrected chi connectivity index (χ3v) is 3.23. The van der Waals surface area contributed by atoms with Gasteiger partial charge in [-0.1, -0.05) is 38.3 Å². The van der Waals surface area contributed by atoms with Gasteiger partial charge in [0.15, 0.2) is 0 Å². The quantitative estimate of drug-likeness (QED) is 0.817. The predicted molar refractivity (Wildman–Crippen MR) is 84.2 cm³/mol. The number of hydrogen-bond donors (Lipinski definition) is 1. The Morgan fingerprint density at radius 2 is 1.84 bits per heavy atom. The van der Waals surface area contributed by atoms with Crippen molar-refractivity contribution in [1.29, 1.82) is 0 Å². The number of anilines is 1. The number of aryl methyl sites for hydroxylation is 1. The van der Waals surface area contributed by atoms with E-state index in [4.69, 9.17) is 5.73 Å². The Morgan fingerprint density at radius 1 is 1.21 bits per heavy atom. The third kappa shape index (κ3) is 4.45. The van der Waals surface area contributed by atoms with Crippen molar-refractivity contribution in [3.63, 3.8) is 0 Å². The molecular weight excluding hydrogens is 234 g/mol. The van der Waals surface area contributed by atoms with Crippen LogP contribution >= 0.6 is 0 Å². The van der Waals surface area contributed by atoms with Crippen LogP contribution in [0.1, 0.15) is 12.5 Å². The molecule has 1 aromatic carbocycles. The lowest BCUT2D eigenvalue weighted by atomic mass is 10.2. The zero-order valence-corrected chi connectivity index (χ0v) is 12.3. The molecular formula is C16H25N3. The monoisotopic (exact) mass is 259 g/mol. The lowest BCUT2D eigenvalue weighted by Gasteiger charge is -2.28. The summed E-state index contributed by atoms with van der Waals surface area (Å²) in [6.45, 7) is 14.6. The minimum atomic E-state index is 0.688. The van der Waals surface area contributed by atoms with Crippen molar-refractivity contribution in [2.75, 3.05) is 31.6 Å². The van der Waals surface area contributed by atoms with E-state index in [0.29, 0.717) is 12.2 Å². The first-order valence-electron chi connectivity index (χ1n) is 6.58. The standard InChI is InChI=1S/C16H25N3/c1-6-19(11-14(3)17)12-15(4)18(5)16-10-8-7-9-13(16)2/h7-10H,3-4,6,11-12,17H2,1-2,5H3. The SMILES string of the molecule is C=C(N)CN(CC)CC(=C)N(C)c1ccccc1C. The van der Waals surface area contributed by atoms with Crippen LogP contribution in [0.15, 0.2) is 48.8 Å². The Morgan fingerprint density at radius 3 is 2.37 bits per heavy atom. The van der Waals surface area contributed by atoms with Crippen molar-refractivity contribution < 1.29 is 0 Å². The van der Waals surface area contributed by atoms with Crippen molar-refractivity contribution in [3.05, 3.63) is 54.4 Å². The van der Waals surface area contributed by atoms with Gasteiger partial charge in [-0.3, -0.25) is 4.90 Å². The van der Waals surface area contributed by atoms with Gasteiger partial charge in [0.2, 0.25) is 0 Å². The number of nitrogens with two attached hydrogens (primary N) is 1. The molecule has 0 fully saturated rings. The maximum Gasteiger partial charge on any atom is 0.0435 e. The van der Waals surface area contributed by atoms with Crippen molar-refractivity contribution in [2.24, 2.45) is 5.73 Å². The summed E-state index contributed by atoms with van der Waals surface area (Å²) in [6, 6.07) is 8.31. The Kier molecular flexibility index (Phi) is 5.64. The summed E-state index contributed by atoms with van der Waals surface area (Å²) in [5.41, 5.74) is 9.86. The maximum atomic E-state index is 5.68. The molecule has 0 amide bonds. The first-order chi connectivity index (χ1) is 8.95. The number of likely N-dealkylation sites (N-methyl/N-ethyl adjacent to an activating group) is 2. The molecule has 0 heterocycles. The second-order valence-corrected chi connectivity index (χ2v) is 4.87. The van der Waals surface area contributed by atoms with E-state index >= 15 is 0 Å². The summed E-state index contributed by atoms with van der Waals surface area (Å²) >= 11 is 0. The normalized spacial score (nSPS) is 10.5. The molecule has 0 aliphatic rings. The summed E-state index contributed by atoms with van der Waals surface area (Å²) < 4.78 is 0. The summed E-state index contributed by atoms with van der Waals surface area (Å²) in [7, 11) is 2.05. The molecule has 19 heavy (non-hydrogen) atoms.